The maximum Gasteiger partial charge on any atom is 0.338 e. The Hall–Kier alpha value is -1.64. The van der Waals surface area contributed by atoms with E-state index in [1.54, 1.807) is 4.57 Å². The van der Waals surface area contributed by atoms with Gasteiger partial charge in [-0.3, -0.25) is 0 Å². The third-order valence-corrected chi connectivity index (χ3v) is 6.73. The van der Waals surface area contributed by atoms with E-state index in [1.165, 1.54) is 18.9 Å². The molecule has 3 aromatic rings. The average Bonchev–Trinajstić information content (AvgIpc) is 3.27. The van der Waals surface area contributed by atoms with Crippen LogP contribution in [0.15, 0.2) is 42.9 Å². The van der Waals surface area contributed by atoms with E-state index in [9.17, 15) is 13.5 Å². The SMILES string of the molecule is CNS(=O)(=O)O[C@H]1O[C@@H](n2cc(I)c3c(CCc4ccccc4)ncnc32)C[C@@H]1O. The first-order valence-corrected chi connectivity index (χ1v) is 11.9. The number of nitrogens with zero attached hydrogens (tertiary/aromatic N) is 3. The molecule has 1 saturated heterocycles. The summed E-state index contributed by atoms with van der Waals surface area (Å²) in [4.78, 5) is 8.90. The molecule has 0 radical (unpaired) electrons. The summed E-state index contributed by atoms with van der Waals surface area (Å²) >= 11 is 2.23. The topological polar surface area (TPSA) is 116 Å². The number of fused-ring (bicyclic) bond motifs is 1. The molecule has 0 unspecified atom stereocenters. The zero-order valence-electron chi connectivity index (χ0n) is 16.1. The smallest absolute Gasteiger partial charge is 0.338 e. The van der Waals surface area contributed by atoms with Gasteiger partial charge in [-0.25, -0.2) is 14.2 Å². The molecule has 3 heterocycles. The summed E-state index contributed by atoms with van der Waals surface area (Å²) in [5, 5.41) is 11.2. The van der Waals surface area contributed by atoms with E-state index in [0.29, 0.717) is 5.65 Å². The Morgan fingerprint density at radius 3 is 2.80 bits per heavy atom. The highest BCUT2D eigenvalue weighted by molar-refractivity contribution is 14.1. The normalized spacial score (nSPS) is 22.0. The number of hydrogen-bond acceptors (Lipinski definition) is 7. The number of hydrogen-bond donors (Lipinski definition) is 2. The van der Waals surface area contributed by atoms with E-state index in [1.807, 2.05) is 29.1 Å². The van der Waals surface area contributed by atoms with Crippen LogP contribution in [0.1, 0.15) is 23.9 Å². The quantitative estimate of drug-likeness (QED) is 0.437. The molecule has 0 aliphatic carbocycles. The summed E-state index contributed by atoms with van der Waals surface area (Å²) in [7, 11) is -2.76. The number of aliphatic hydroxyl groups excluding tert-OH is 1. The number of aryl methyl sites for hydroxylation is 2. The van der Waals surface area contributed by atoms with Crippen LogP contribution in [0.2, 0.25) is 0 Å². The zero-order chi connectivity index (χ0) is 21.3. The van der Waals surface area contributed by atoms with Crippen molar-refractivity contribution in [2.75, 3.05) is 7.05 Å². The lowest BCUT2D eigenvalue weighted by Crippen LogP contribution is -2.32. The molecule has 2 N–H and O–H groups in total. The molecule has 0 bridgehead atoms. The van der Waals surface area contributed by atoms with Crippen LogP contribution >= 0.6 is 22.6 Å². The lowest BCUT2D eigenvalue weighted by Gasteiger charge is -2.16. The monoisotopic (exact) mass is 544 g/mol. The lowest BCUT2D eigenvalue weighted by atomic mass is 10.1. The maximum atomic E-state index is 11.6. The first-order chi connectivity index (χ1) is 14.4. The van der Waals surface area contributed by atoms with Crippen LogP contribution in [0.5, 0.6) is 0 Å². The molecule has 160 valence electrons. The molecule has 1 aliphatic heterocycles. The van der Waals surface area contributed by atoms with E-state index < -0.39 is 28.9 Å². The van der Waals surface area contributed by atoms with E-state index in [0.717, 1.165) is 27.5 Å². The number of ether oxygens (including phenoxy) is 1. The fourth-order valence-electron chi connectivity index (χ4n) is 3.47. The van der Waals surface area contributed by atoms with Crippen molar-refractivity contribution in [3.8, 4) is 0 Å². The number of halogens is 1. The summed E-state index contributed by atoms with van der Waals surface area (Å²) < 4.78 is 38.7. The van der Waals surface area contributed by atoms with Gasteiger partial charge in [0.25, 0.3) is 0 Å². The Bertz CT molecular complexity index is 1140. The van der Waals surface area contributed by atoms with Crippen molar-refractivity contribution in [1.82, 2.24) is 19.3 Å². The standard InChI is InChI=1S/C19H21IN4O5S/c1-21-30(26,27)29-19-15(25)9-16(28-19)24-10-13(20)17-14(22-11-23-18(17)24)8-7-12-5-3-2-4-6-12/h2-6,10-11,15-16,19,21,25H,7-9H2,1H3/t15-,16+,19+/m0/s1. The van der Waals surface area contributed by atoms with Crippen LogP contribution in [-0.4, -0.2) is 47.5 Å². The molecule has 4 rings (SSSR count). The first-order valence-electron chi connectivity index (χ1n) is 9.37. The molecule has 30 heavy (non-hydrogen) atoms. The van der Waals surface area contributed by atoms with Crippen molar-refractivity contribution < 1.29 is 22.4 Å². The molecular formula is C19H21IN4O5S. The van der Waals surface area contributed by atoms with Crippen LogP contribution in [0.3, 0.4) is 0 Å². The van der Waals surface area contributed by atoms with E-state index >= 15 is 0 Å². The second-order valence-corrected chi connectivity index (χ2v) is 9.58. The second-order valence-electron chi connectivity index (χ2n) is 6.91. The summed E-state index contributed by atoms with van der Waals surface area (Å²) in [6, 6.07) is 10.2. The largest absolute Gasteiger partial charge is 0.388 e. The average molecular weight is 544 g/mol. The molecule has 0 saturated carbocycles. The van der Waals surface area contributed by atoms with Gasteiger partial charge in [0.2, 0.25) is 6.29 Å². The number of aromatic nitrogens is 3. The van der Waals surface area contributed by atoms with Crippen molar-refractivity contribution in [2.24, 2.45) is 0 Å². The Labute approximate surface area is 187 Å². The molecule has 11 heteroatoms. The van der Waals surface area contributed by atoms with Gasteiger partial charge in [0, 0.05) is 23.2 Å². The van der Waals surface area contributed by atoms with Crippen LogP contribution in [0, 0.1) is 3.57 Å². The van der Waals surface area contributed by atoms with Crippen molar-refractivity contribution in [3.05, 3.63) is 57.7 Å². The van der Waals surface area contributed by atoms with Crippen molar-refractivity contribution >= 4 is 43.9 Å². The molecule has 0 amide bonds. The van der Waals surface area contributed by atoms with Crippen LogP contribution in [-0.2, 0) is 32.1 Å². The van der Waals surface area contributed by atoms with Crippen LogP contribution < -0.4 is 4.72 Å². The highest BCUT2D eigenvalue weighted by Gasteiger charge is 2.39. The number of nitrogens with one attached hydrogen (secondary N) is 1. The minimum Gasteiger partial charge on any atom is -0.388 e. The third-order valence-electron chi connectivity index (χ3n) is 4.97. The van der Waals surface area contributed by atoms with Gasteiger partial charge < -0.3 is 14.4 Å². The lowest BCUT2D eigenvalue weighted by molar-refractivity contribution is -0.121. The molecule has 0 spiro atoms. The molecule has 1 aliphatic rings. The summed E-state index contributed by atoms with van der Waals surface area (Å²) in [5.74, 6) is 0. The van der Waals surface area contributed by atoms with Gasteiger partial charge in [0.1, 0.15) is 24.3 Å². The summed E-state index contributed by atoms with van der Waals surface area (Å²) in [5.41, 5.74) is 2.83. The molecule has 1 aromatic carbocycles. The Morgan fingerprint density at radius 1 is 1.30 bits per heavy atom. The van der Waals surface area contributed by atoms with Gasteiger partial charge in [0.15, 0.2) is 0 Å². The minimum absolute atomic E-state index is 0.174. The van der Waals surface area contributed by atoms with Crippen LogP contribution in [0.4, 0.5) is 0 Å². The molecule has 9 nitrogen and oxygen atoms in total. The van der Waals surface area contributed by atoms with Crippen molar-refractivity contribution in [3.63, 3.8) is 0 Å². The molecule has 3 atom stereocenters. The van der Waals surface area contributed by atoms with Gasteiger partial charge >= 0.3 is 10.3 Å². The molecule has 2 aromatic heterocycles. The third kappa shape index (κ3) is 4.50. The molecular weight excluding hydrogens is 523 g/mol. The van der Waals surface area contributed by atoms with Gasteiger partial charge in [-0.1, -0.05) is 30.3 Å². The predicted molar refractivity (Wildman–Crippen MR) is 118 cm³/mol. The number of aliphatic hydroxyl groups is 1. The summed E-state index contributed by atoms with van der Waals surface area (Å²) in [6.45, 7) is 0. The fourth-order valence-corrected chi connectivity index (χ4v) is 4.85. The Kier molecular flexibility index (Phi) is 6.36. The Morgan fingerprint density at radius 2 is 2.07 bits per heavy atom. The van der Waals surface area contributed by atoms with E-state index in [4.69, 9.17) is 8.92 Å². The van der Waals surface area contributed by atoms with E-state index in [2.05, 4.69) is 44.7 Å². The van der Waals surface area contributed by atoms with Gasteiger partial charge in [-0.15, -0.1) is 0 Å². The minimum atomic E-state index is -3.99. The van der Waals surface area contributed by atoms with Crippen LogP contribution in [0.25, 0.3) is 11.0 Å². The first kappa shape index (κ1) is 21.6. The van der Waals surface area contributed by atoms with Gasteiger partial charge in [-0.2, -0.15) is 13.1 Å². The second kappa shape index (κ2) is 8.85. The fraction of sp³-hybridized carbons (Fsp3) is 0.368. The summed E-state index contributed by atoms with van der Waals surface area (Å²) in [6.07, 6.45) is 2.17. The van der Waals surface area contributed by atoms with Crippen molar-refractivity contribution in [2.45, 2.75) is 37.9 Å². The van der Waals surface area contributed by atoms with Gasteiger partial charge in [0.05, 0.1) is 11.1 Å². The van der Waals surface area contributed by atoms with E-state index in [-0.39, 0.29) is 6.42 Å². The number of benzene rings is 1. The molecule has 1 fully saturated rings. The Balaban J connectivity index is 1.59. The highest BCUT2D eigenvalue weighted by Crippen LogP contribution is 2.35. The van der Waals surface area contributed by atoms with Crippen molar-refractivity contribution in [1.29, 1.82) is 0 Å². The predicted octanol–water partition coefficient (Wildman–Crippen LogP) is 1.91. The van der Waals surface area contributed by atoms with Gasteiger partial charge in [-0.05, 0) is 41.0 Å². The zero-order valence-corrected chi connectivity index (χ0v) is 19.1. The number of rotatable bonds is 7. The maximum absolute atomic E-state index is 11.6. The highest BCUT2D eigenvalue weighted by atomic mass is 127.